The number of halogens is 3. The van der Waals surface area contributed by atoms with E-state index >= 15 is 0 Å². The molecule has 3 rings (SSSR count). The first-order chi connectivity index (χ1) is 13.1. The van der Waals surface area contributed by atoms with Crippen molar-refractivity contribution in [3.63, 3.8) is 0 Å². The molecule has 5 nitrogen and oxygen atoms in total. The van der Waals surface area contributed by atoms with Gasteiger partial charge in [0, 0.05) is 38.9 Å². The number of rotatable bonds is 5. The molecule has 1 unspecified atom stereocenters. The predicted molar refractivity (Wildman–Crippen MR) is 99.4 cm³/mol. The van der Waals surface area contributed by atoms with Crippen molar-refractivity contribution in [3.05, 3.63) is 59.5 Å². The number of anilines is 1. The predicted octanol–water partition coefficient (Wildman–Crippen LogP) is 2.49. The summed E-state index contributed by atoms with van der Waals surface area (Å²) in [5, 5.41) is 6.38. The lowest BCUT2D eigenvalue weighted by molar-refractivity contribution is 0.498. The Labute approximate surface area is 156 Å². The van der Waals surface area contributed by atoms with Crippen molar-refractivity contribution < 1.29 is 13.2 Å². The van der Waals surface area contributed by atoms with Crippen LogP contribution < -0.4 is 15.5 Å². The van der Waals surface area contributed by atoms with E-state index in [1.807, 2.05) is 4.90 Å². The summed E-state index contributed by atoms with van der Waals surface area (Å²) in [5.41, 5.74) is 0.315. The van der Waals surface area contributed by atoms with E-state index < -0.39 is 11.6 Å². The number of hydrogen-bond acceptors (Lipinski definition) is 3. The number of aliphatic imine (C=N–C) groups is 1. The Morgan fingerprint density at radius 2 is 2.04 bits per heavy atom. The molecule has 1 aromatic heterocycles. The van der Waals surface area contributed by atoms with Gasteiger partial charge in [0.1, 0.15) is 0 Å². The summed E-state index contributed by atoms with van der Waals surface area (Å²) in [6, 6.07) is 7.20. The smallest absolute Gasteiger partial charge is 0.191 e. The van der Waals surface area contributed by atoms with Gasteiger partial charge in [-0.05, 0) is 36.6 Å². The Kier molecular flexibility index (Phi) is 6.16. The highest BCUT2D eigenvalue weighted by Gasteiger charge is 2.25. The molecule has 1 aliphatic heterocycles. The van der Waals surface area contributed by atoms with E-state index in [1.54, 1.807) is 25.4 Å². The maximum absolute atomic E-state index is 13.9. The summed E-state index contributed by atoms with van der Waals surface area (Å²) in [7, 11) is 1.64. The lowest BCUT2D eigenvalue weighted by Gasteiger charge is -2.20. The molecule has 0 spiro atoms. The third-order valence-corrected chi connectivity index (χ3v) is 4.51. The van der Waals surface area contributed by atoms with E-state index in [0.717, 1.165) is 12.5 Å². The van der Waals surface area contributed by atoms with Gasteiger partial charge in [0.05, 0.1) is 0 Å². The highest BCUT2D eigenvalue weighted by atomic mass is 19.2. The average molecular weight is 377 g/mol. The quantitative estimate of drug-likeness (QED) is 0.621. The first kappa shape index (κ1) is 19.0. The highest BCUT2D eigenvalue weighted by Crippen LogP contribution is 2.20. The van der Waals surface area contributed by atoms with Crippen molar-refractivity contribution in [2.45, 2.75) is 18.9 Å². The van der Waals surface area contributed by atoms with Gasteiger partial charge in [-0.1, -0.05) is 12.1 Å². The molecular formula is C19H22F3N5. The Morgan fingerprint density at radius 3 is 2.81 bits per heavy atom. The first-order valence-electron chi connectivity index (χ1n) is 8.84. The van der Waals surface area contributed by atoms with Crippen LogP contribution in [0.1, 0.15) is 12.0 Å². The van der Waals surface area contributed by atoms with Gasteiger partial charge in [0.25, 0.3) is 0 Å². The van der Waals surface area contributed by atoms with E-state index in [4.69, 9.17) is 0 Å². The summed E-state index contributed by atoms with van der Waals surface area (Å²) in [4.78, 5) is 10.2. The molecule has 2 N–H and O–H groups in total. The zero-order chi connectivity index (χ0) is 19.2. The maximum atomic E-state index is 13.9. The van der Waals surface area contributed by atoms with Crippen LogP contribution in [0.5, 0.6) is 0 Å². The summed E-state index contributed by atoms with van der Waals surface area (Å²) in [6.07, 6.45) is 2.72. The molecule has 2 aromatic rings. The molecule has 1 fully saturated rings. The monoisotopic (exact) mass is 377 g/mol. The minimum atomic E-state index is -0.845. The van der Waals surface area contributed by atoms with Gasteiger partial charge in [-0.3, -0.25) is 4.99 Å². The molecule has 0 amide bonds. The van der Waals surface area contributed by atoms with Gasteiger partial charge in [-0.2, -0.15) is 0 Å². The molecule has 0 aliphatic carbocycles. The molecule has 1 atom stereocenters. The molecule has 1 aromatic carbocycles. The van der Waals surface area contributed by atoms with Gasteiger partial charge in [-0.15, -0.1) is 0 Å². The van der Waals surface area contributed by atoms with Crippen LogP contribution >= 0.6 is 0 Å². The highest BCUT2D eigenvalue weighted by molar-refractivity contribution is 5.80. The van der Waals surface area contributed by atoms with Crippen LogP contribution in [0.4, 0.5) is 19.0 Å². The number of hydrogen-bond donors (Lipinski definition) is 2. The second-order valence-electron chi connectivity index (χ2n) is 6.35. The summed E-state index contributed by atoms with van der Waals surface area (Å²) in [6.45, 7) is 1.70. The second-order valence-corrected chi connectivity index (χ2v) is 6.35. The van der Waals surface area contributed by atoms with E-state index in [9.17, 15) is 13.2 Å². The fourth-order valence-corrected chi connectivity index (χ4v) is 3.13. The molecule has 1 saturated heterocycles. The molecule has 0 radical (unpaired) electrons. The van der Waals surface area contributed by atoms with Crippen LogP contribution in [0.15, 0.2) is 41.5 Å². The van der Waals surface area contributed by atoms with E-state index in [2.05, 4.69) is 20.6 Å². The van der Waals surface area contributed by atoms with Crippen molar-refractivity contribution in [2.75, 3.05) is 31.6 Å². The second kappa shape index (κ2) is 8.75. The van der Waals surface area contributed by atoms with Crippen molar-refractivity contribution in [1.82, 2.24) is 15.6 Å². The Bertz CT molecular complexity index is 812. The van der Waals surface area contributed by atoms with Crippen molar-refractivity contribution in [1.29, 1.82) is 0 Å². The number of nitrogens with zero attached hydrogens (tertiary/aromatic N) is 3. The van der Waals surface area contributed by atoms with Crippen molar-refractivity contribution >= 4 is 11.8 Å². The molecule has 0 saturated carbocycles. The number of pyridine rings is 1. The number of guanidine groups is 1. The minimum absolute atomic E-state index is 0.0866. The number of benzene rings is 1. The zero-order valence-electron chi connectivity index (χ0n) is 15.1. The standard InChI is InChI=1S/C19H22F3N5/c1-23-19(25-10-7-13-4-2-5-15(20)17(13)22)26-14-8-11-27(12-14)18-16(21)6-3-9-24-18/h2-6,9,14H,7-8,10-12H2,1H3,(H2,23,25,26). The Balaban J connectivity index is 1.49. The van der Waals surface area contributed by atoms with Crippen LogP contribution in [0, 0.1) is 17.5 Å². The third kappa shape index (κ3) is 4.69. The van der Waals surface area contributed by atoms with Gasteiger partial charge in [0.2, 0.25) is 0 Å². The van der Waals surface area contributed by atoms with E-state index in [-0.39, 0.29) is 11.9 Å². The molecule has 2 heterocycles. The summed E-state index contributed by atoms with van der Waals surface area (Å²) in [5.74, 6) is -1.07. The zero-order valence-corrected chi connectivity index (χ0v) is 15.1. The van der Waals surface area contributed by atoms with Crippen molar-refractivity contribution in [3.8, 4) is 0 Å². The van der Waals surface area contributed by atoms with Crippen molar-refractivity contribution in [2.24, 2.45) is 4.99 Å². The Hall–Kier alpha value is -2.77. The van der Waals surface area contributed by atoms with E-state index in [1.165, 1.54) is 12.1 Å². The van der Waals surface area contributed by atoms with Gasteiger partial charge < -0.3 is 15.5 Å². The molecule has 27 heavy (non-hydrogen) atoms. The van der Waals surface area contributed by atoms with Crippen LogP contribution in [0.3, 0.4) is 0 Å². The normalized spacial score (nSPS) is 17.3. The van der Waals surface area contributed by atoms with Crippen LogP contribution in [-0.2, 0) is 6.42 Å². The van der Waals surface area contributed by atoms with Crippen LogP contribution in [-0.4, -0.2) is 43.7 Å². The lowest BCUT2D eigenvalue weighted by Crippen LogP contribution is -2.45. The summed E-state index contributed by atoms with van der Waals surface area (Å²) >= 11 is 0. The summed E-state index contributed by atoms with van der Waals surface area (Å²) < 4.78 is 40.8. The molecule has 1 aliphatic rings. The maximum Gasteiger partial charge on any atom is 0.191 e. The molecule has 0 bridgehead atoms. The SMILES string of the molecule is CN=C(NCCc1cccc(F)c1F)NC1CCN(c2ncccc2F)C1. The fraction of sp³-hybridized carbons (Fsp3) is 0.368. The molecule has 144 valence electrons. The molecule has 8 heteroatoms. The Morgan fingerprint density at radius 1 is 1.22 bits per heavy atom. The molecular weight excluding hydrogens is 355 g/mol. The fourth-order valence-electron chi connectivity index (χ4n) is 3.13. The largest absolute Gasteiger partial charge is 0.356 e. The van der Waals surface area contributed by atoms with Crippen LogP contribution in [0.2, 0.25) is 0 Å². The van der Waals surface area contributed by atoms with Crippen LogP contribution in [0.25, 0.3) is 0 Å². The van der Waals surface area contributed by atoms with Gasteiger partial charge in [0.15, 0.2) is 29.2 Å². The number of nitrogens with one attached hydrogen (secondary N) is 2. The first-order valence-corrected chi connectivity index (χ1v) is 8.84. The lowest BCUT2D eigenvalue weighted by atomic mass is 10.1. The van der Waals surface area contributed by atoms with E-state index in [0.29, 0.717) is 43.4 Å². The van der Waals surface area contributed by atoms with Gasteiger partial charge in [-0.25, -0.2) is 18.2 Å². The minimum Gasteiger partial charge on any atom is -0.356 e. The average Bonchev–Trinajstić information content (AvgIpc) is 3.13. The number of aromatic nitrogens is 1. The third-order valence-electron chi connectivity index (χ3n) is 4.51. The van der Waals surface area contributed by atoms with Gasteiger partial charge >= 0.3 is 0 Å². The topological polar surface area (TPSA) is 52.6 Å².